The van der Waals surface area contributed by atoms with E-state index in [0.29, 0.717) is 22.6 Å². The van der Waals surface area contributed by atoms with Crippen LogP contribution in [0.15, 0.2) is 85.1 Å². The SMILES string of the molecule is FC(F)(F)c1ncc(-c2nc3ccccc3[nH]2)n1-c1ccccc1-c1ccccc1. The van der Waals surface area contributed by atoms with Crippen LogP contribution in [0.5, 0.6) is 0 Å². The molecule has 0 aliphatic heterocycles. The molecule has 0 bridgehead atoms. The van der Waals surface area contributed by atoms with Gasteiger partial charge in [0.15, 0.2) is 5.82 Å². The summed E-state index contributed by atoms with van der Waals surface area (Å²) in [5.74, 6) is -0.677. The van der Waals surface area contributed by atoms with E-state index >= 15 is 0 Å². The molecule has 2 heterocycles. The van der Waals surface area contributed by atoms with Gasteiger partial charge in [-0.15, -0.1) is 0 Å². The molecule has 5 rings (SSSR count). The number of H-pyrrole nitrogens is 1. The molecule has 0 radical (unpaired) electrons. The Bertz CT molecular complexity index is 1300. The van der Waals surface area contributed by atoms with Gasteiger partial charge in [0.2, 0.25) is 5.82 Å². The van der Waals surface area contributed by atoms with Crippen LogP contribution in [-0.4, -0.2) is 19.5 Å². The van der Waals surface area contributed by atoms with Crippen molar-refractivity contribution >= 4 is 11.0 Å². The Hall–Kier alpha value is -3.87. The second-order valence-corrected chi connectivity index (χ2v) is 6.79. The number of fused-ring (bicyclic) bond motifs is 1. The van der Waals surface area contributed by atoms with Crippen LogP contribution >= 0.6 is 0 Å². The van der Waals surface area contributed by atoms with Gasteiger partial charge in [-0.1, -0.05) is 60.7 Å². The van der Waals surface area contributed by atoms with Crippen molar-refractivity contribution in [1.29, 1.82) is 0 Å². The van der Waals surface area contributed by atoms with E-state index in [0.717, 1.165) is 15.6 Å². The maximum absolute atomic E-state index is 13.9. The fraction of sp³-hybridized carbons (Fsp3) is 0.0435. The third-order valence-corrected chi connectivity index (χ3v) is 4.88. The van der Waals surface area contributed by atoms with Gasteiger partial charge in [-0.05, 0) is 23.8 Å². The van der Waals surface area contributed by atoms with Crippen molar-refractivity contribution in [1.82, 2.24) is 19.5 Å². The second kappa shape index (κ2) is 6.88. The predicted molar refractivity (Wildman–Crippen MR) is 109 cm³/mol. The van der Waals surface area contributed by atoms with E-state index in [1.165, 1.54) is 6.20 Å². The number of hydrogen-bond acceptors (Lipinski definition) is 2. The Morgan fingerprint density at radius 2 is 1.50 bits per heavy atom. The zero-order chi connectivity index (χ0) is 20.7. The van der Waals surface area contributed by atoms with E-state index in [4.69, 9.17) is 0 Å². The van der Waals surface area contributed by atoms with Gasteiger partial charge >= 0.3 is 6.18 Å². The molecule has 0 unspecified atom stereocenters. The second-order valence-electron chi connectivity index (χ2n) is 6.79. The molecule has 4 nitrogen and oxygen atoms in total. The van der Waals surface area contributed by atoms with Crippen molar-refractivity contribution in [2.45, 2.75) is 6.18 Å². The summed E-state index contributed by atoms with van der Waals surface area (Å²) in [4.78, 5) is 11.3. The summed E-state index contributed by atoms with van der Waals surface area (Å²) >= 11 is 0. The zero-order valence-corrected chi connectivity index (χ0v) is 15.6. The number of benzene rings is 3. The molecule has 30 heavy (non-hydrogen) atoms. The summed E-state index contributed by atoms with van der Waals surface area (Å²) in [6, 6.07) is 23.6. The molecular formula is C23H15F3N4. The van der Waals surface area contributed by atoms with E-state index in [1.54, 1.807) is 30.3 Å². The van der Waals surface area contributed by atoms with Gasteiger partial charge in [-0.3, -0.25) is 4.57 Å². The summed E-state index contributed by atoms with van der Waals surface area (Å²) < 4.78 is 42.8. The van der Waals surface area contributed by atoms with Crippen molar-refractivity contribution in [3.05, 3.63) is 90.9 Å². The molecule has 0 spiro atoms. The maximum atomic E-state index is 13.9. The molecule has 7 heteroatoms. The molecule has 0 aliphatic rings. The number of rotatable bonds is 3. The number of hydrogen-bond donors (Lipinski definition) is 1. The largest absolute Gasteiger partial charge is 0.450 e. The van der Waals surface area contributed by atoms with Gasteiger partial charge < -0.3 is 4.98 Å². The smallest absolute Gasteiger partial charge is 0.337 e. The molecule has 5 aromatic rings. The van der Waals surface area contributed by atoms with Crippen LogP contribution in [0.3, 0.4) is 0 Å². The normalized spacial score (nSPS) is 11.8. The molecule has 1 N–H and O–H groups in total. The zero-order valence-electron chi connectivity index (χ0n) is 15.6. The highest BCUT2D eigenvalue weighted by atomic mass is 19.4. The first kappa shape index (κ1) is 18.2. The Morgan fingerprint density at radius 1 is 0.800 bits per heavy atom. The Morgan fingerprint density at radius 3 is 2.27 bits per heavy atom. The number of alkyl halides is 3. The number of para-hydroxylation sites is 3. The predicted octanol–water partition coefficient (Wildman–Crippen LogP) is 6.10. The van der Waals surface area contributed by atoms with Gasteiger partial charge in [0.05, 0.1) is 22.9 Å². The van der Waals surface area contributed by atoms with Crippen LogP contribution in [0, 0.1) is 0 Å². The fourth-order valence-electron chi connectivity index (χ4n) is 3.57. The van der Waals surface area contributed by atoms with E-state index < -0.39 is 12.0 Å². The first-order valence-corrected chi connectivity index (χ1v) is 9.27. The topological polar surface area (TPSA) is 46.5 Å². The van der Waals surface area contributed by atoms with Crippen molar-refractivity contribution in [3.63, 3.8) is 0 Å². The molecule has 0 saturated heterocycles. The molecule has 2 aromatic heterocycles. The summed E-state index contributed by atoms with van der Waals surface area (Å²) in [6.07, 6.45) is -3.42. The monoisotopic (exact) mass is 404 g/mol. The molecular weight excluding hydrogens is 389 g/mol. The Balaban J connectivity index is 1.79. The standard InChI is InChI=1S/C23H15F3N4/c24-23(25,26)22-27-14-20(21-28-17-11-5-6-12-18(17)29-21)30(22)19-13-7-4-10-16(19)15-8-2-1-3-9-15/h1-14H,(H,28,29). The molecule has 0 atom stereocenters. The van der Waals surface area contributed by atoms with Crippen LogP contribution in [0.1, 0.15) is 5.82 Å². The van der Waals surface area contributed by atoms with Crippen molar-refractivity contribution in [2.24, 2.45) is 0 Å². The summed E-state index contributed by atoms with van der Waals surface area (Å²) in [7, 11) is 0. The van der Waals surface area contributed by atoms with Gasteiger partial charge in [0, 0.05) is 5.56 Å². The third kappa shape index (κ3) is 3.04. The fourth-order valence-corrected chi connectivity index (χ4v) is 3.57. The summed E-state index contributed by atoms with van der Waals surface area (Å²) in [5, 5.41) is 0. The van der Waals surface area contributed by atoms with Crippen LogP contribution in [0.25, 0.3) is 39.4 Å². The molecule has 148 valence electrons. The lowest BCUT2D eigenvalue weighted by Gasteiger charge is -2.17. The molecule has 0 aliphatic carbocycles. The summed E-state index contributed by atoms with van der Waals surface area (Å²) in [6.45, 7) is 0. The number of aromatic nitrogens is 4. The first-order valence-electron chi connectivity index (χ1n) is 9.27. The van der Waals surface area contributed by atoms with Gasteiger partial charge in [0.25, 0.3) is 0 Å². The van der Waals surface area contributed by atoms with Crippen molar-refractivity contribution in [2.75, 3.05) is 0 Å². The third-order valence-electron chi connectivity index (χ3n) is 4.88. The minimum Gasteiger partial charge on any atom is -0.337 e. The Labute approximate surface area is 169 Å². The van der Waals surface area contributed by atoms with Gasteiger partial charge in [0.1, 0.15) is 5.69 Å². The lowest BCUT2D eigenvalue weighted by atomic mass is 10.0. The summed E-state index contributed by atoms with van der Waals surface area (Å²) in [5.41, 5.74) is 3.51. The van der Waals surface area contributed by atoms with Gasteiger partial charge in [-0.2, -0.15) is 13.2 Å². The highest BCUT2D eigenvalue weighted by Gasteiger charge is 2.38. The number of halogens is 3. The average Bonchev–Trinajstić information content (AvgIpc) is 3.38. The Kier molecular flexibility index (Phi) is 4.17. The van der Waals surface area contributed by atoms with Crippen LogP contribution in [0.4, 0.5) is 13.2 Å². The van der Waals surface area contributed by atoms with E-state index in [2.05, 4.69) is 15.0 Å². The minimum atomic E-state index is -4.63. The van der Waals surface area contributed by atoms with E-state index in [1.807, 2.05) is 48.5 Å². The first-order chi connectivity index (χ1) is 14.5. The maximum Gasteiger partial charge on any atom is 0.450 e. The van der Waals surface area contributed by atoms with E-state index in [9.17, 15) is 13.2 Å². The minimum absolute atomic E-state index is 0.238. The van der Waals surface area contributed by atoms with Crippen molar-refractivity contribution < 1.29 is 13.2 Å². The van der Waals surface area contributed by atoms with E-state index in [-0.39, 0.29) is 5.69 Å². The van der Waals surface area contributed by atoms with Gasteiger partial charge in [-0.25, -0.2) is 9.97 Å². The lowest BCUT2D eigenvalue weighted by Crippen LogP contribution is -2.15. The highest BCUT2D eigenvalue weighted by Crippen LogP contribution is 2.37. The highest BCUT2D eigenvalue weighted by molar-refractivity contribution is 5.80. The molecule has 3 aromatic carbocycles. The number of aromatic amines is 1. The average molecular weight is 404 g/mol. The van der Waals surface area contributed by atoms with Crippen LogP contribution in [-0.2, 0) is 6.18 Å². The molecule has 0 amide bonds. The van der Waals surface area contributed by atoms with Crippen LogP contribution < -0.4 is 0 Å². The molecule has 0 saturated carbocycles. The number of imidazole rings is 2. The number of nitrogens with one attached hydrogen (secondary N) is 1. The number of nitrogens with zero attached hydrogens (tertiary/aromatic N) is 3. The molecule has 0 fully saturated rings. The van der Waals surface area contributed by atoms with Crippen LogP contribution in [0.2, 0.25) is 0 Å². The van der Waals surface area contributed by atoms with Crippen molar-refractivity contribution in [3.8, 4) is 28.3 Å². The lowest BCUT2D eigenvalue weighted by molar-refractivity contribution is -0.145. The quantitative estimate of drug-likeness (QED) is 0.395.